The normalized spacial score (nSPS) is 16.9. The van der Waals surface area contributed by atoms with Crippen LogP contribution in [0, 0.1) is 11.6 Å². The molecule has 2 amide bonds. The highest BCUT2D eigenvalue weighted by Crippen LogP contribution is 2.26. The van der Waals surface area contributed by atoms with Gasteiger partial charge in [-0.25, -0.2) is 8.78 Å². The van der Waals surface area contributed by atoms with Crippen LogP contribution in [0.5, 0.6) is 0 Å². The molecule has 0 bridgehead atoms. The molecule has 41 heavy (non-hydrogen) atoms. The molecule has 2 aliphatic heterocycles. The first-order valence-corrected chi connectivity index (χ1v) is 14.6. The van der Waals surface area contributed by atoms with Crippen molar-refractivity contribution in [2.45, 2.75) is 50.7 Å². The number of aliphatic hydroxyl groups is 1. The predicted molar refractivity (Wildman–Crippen MR) is 154 cm³/mol. The summed E-state index contributed by atoms with van der Waals surface area (Å²) >= 11 is 0. The number of rotatable bonds is 11. The molecule has 0 radical (unpaired) electrons. The number of amides is 2. The molecule has 0 saturated carbocycles. The van der Waals surface area contributed by atoms with E-state index in [1.165, 1.54) is 24.3 Å². The average molecular weight is 595 g/mol. The first-order valence-electron chi connectivity index (χ1n) is 14.1. The van der Waals surface area contributed by atoms with Gasteiger partial charge in [0.25, 0.3) is 0 Å². The van der Waals surface area contributed by atoms with Crippen LogP contribution in [0.15, 0.2) is 48.5 Å². The quantitative estimate of drug-likeness (QED) is 0.383. The van der Waals surface area contributed by atoms with Crippen molar-refractivity contribution in [2.24, 2.45) is 0 Å². The van der Waals surface area contributed by atoms with E-state index in [-0.39, 0.29) is 29.6 Å². The Hall–Kier alpha value is -2.49. The largest absolute Gasteiger partial charge is 0.388 e. The van der Waals surface area contributed by atoms with E-state index in [4.69, 9.17) is 14.0 Å². The van der Waals surface area contributed by atoms with Gasteiger partial charge in [-0.2, -0.15) is 0 Å². The third kappa shape index (κ3) is 11.7. The Bertz CT molecular complexity index is 1050. The maximum Gasteiger partial charge on any atom is 0.222 e. The third-order valence-corrected chi connectivity index (χ3v) is 7.44. The maximum atomic E-state index is 12.9. The van der Waals surface area contributed by atoms with Crippen molar-refractivity contribution in [1.29, 1.82) is 0 Å². The van der Waals surface area contributed by atoms with Crippen molar-refractivity contribution >= 4 is 21.3 Å². The lowest BCUT2D eigenvalue weighted by molar-refractivity contribution is -0.136. The van der Waals surface area contributed by atoms with E-state index in [1.807, 2.05) is 4.90 Å². The summed E-state index contributed by atoms with van der Waals surface area (Å²) in [5, 5.41) is 9.97. The average Bonchev–Trinajstić information content (AvgIpc) is 3.01. The molecule has 11 heteroatoms. The number of hydrogen-bond acceptors (Lipinski definition) is 6. The van der Waals surface area contributed by atoms with E-state index in [2.05, 4.69) is 9.47 Å². The van der Waals surface area contributed by atoms with Crippen molar-refractivity contribution in [3.63, 3.8) is 0 Å². The summed E-state index contributed by atoms with van der Waals surface area (Å²) in [5.41, 5.74) is 1.61. The fraction of sp³-hybridized carbons (Fsp3) is 0.533. The zero-order chi connectivity index (χ0) is 29.5. The van der Waals surface area contributed by atoms with Gasteiger partial charge in [0, 0.05) is 48.5 Å². The molecule has 2 heterocycles. The predicted octanol–water partition coefficient (Wildman–Crippen LogP) is 4.59. The Morgan fingerprint density at radius 1 is 0.756 bits per heavy atom. The standard InChI is InChI=1S/C15H21FNO3P.C15H20FNO3/c16-13-6-4-12(5-7-13)14(20-21)2-1-3-15(18)17-8-10-19-11-9-17;16-13-6-4-12(5-7-13)14(18)2-1-3-15(19)17-8-10-20-11-9-17/h4-7,14H,1-3,8-11,21H2;4-7,14,18H,1-3,8-11H2/t2*14-/m00/s1. The summed E-state index contributed by atoms with van der Waals surface area (Å²) < 4.78 is 41.5. The van der Waals surface area contributed by atoms with Gasteiger partial charge in [0.2, 0.25) is 11.8 Å². The summed E-state index contributed by atoms with van der Waals surface area (Å²) in [7, 11) is 2.25. The van der Waals surface area contributed by atoms with Gasteiger partial charge in [0.15, 0.2) is 0 Å². The van der Waals surface area contributed by atoms with Crippen LogP contribution >= 0.6 is 9.47 Å². The van der Waals surface area contributed by atoms with Crippen molar-refractivity contribution in [2.75, 3.05) is 52.6 Å². The lowest BCUT2D eigenvalue weighted by Gasteiger charge is -2.27. The van der Waals surface area contributed by atoms with Gasteiger partial charge >= 0.3 is 0 Å². The van der Waals surface area contributed by atoms with Crippen LogP contribution < -0.4 is 0 Å². The minimum Gasteiger partial charge on any atom is -0.388 e. The molecule has 0 spiro atoms. The van der Waals surface area contributed by atoms with Crippen LogP contribution in [0.4, 0.5) is 8.78 Å². The Kier molecular flexibility index (Phi) is 14.6. The molecule has 2 aromatic carbocycles. The van der Waals surface area contributed by atoms with Gasteiger partial charge in [-0.05, 0) is 61.1 Å². The second-order valence-corrected chi connectivity index (χ2v) is 10.3. The van der Waals surface area contributed by atoms with E-state index in [0.29, 0.717) is 83.9 Å². The van der Waals surface area contributed by atoms with Gasteiger partial charge in [-0.1, -0.05) is 24.3 Å². The first-order chi connectivity index (χ1) is 19.9. The molecule has 0 aromatic heterocycles. The number of nitrogens with zero attached hydrogens (tertiary/aromatic N) is 2. The lowest BCUT2D eigenvalue weighted by atomic mass is 10.0. The smallest absolute Gasteiger partial charge is 0.222 e. The molecule has 2 aliphatic rings. The molecular weight excluding hydrogens is 553 g/mol. The zero-order valence-electron chi connectivity index (χ0n) is 23.4. The van der Waals surface area contributed by atoms with Crippen LogP contribution in [0.1, 0.15) is 61.9 Å². The number of carbonyl (C=O) groups excluding carboxylic acids is 2. The molecular formula is C30H41F2N2O6P. The molecule has 1 N–H and O–H groups in total. The molecule has 4 rings (SSSR count). The highest BCUT2D eigenvalue weighted by molar-refractivity contribution is 7.09. The Morgan fingerprint density at radius 3 is 1.61 bits per heavy atom. The second kappa shape index (κ2) is 18.1. The van der Waals surface area contributed by atoms with E-state index >= 15 is 0 Å². The minimum absolute atomic E-state index is 0.111. The van der Waals surface area contributed by atoms with Crippen LogP contribution in [0.25, 0.3) is 0 Å². The zero-order valence-corrected chi connectivity index (χ0v) is 24.5. The highest BCUT2D eigenvalue weighted by Gasteiger charge is 2.19. The number of benzene rings is 2. The van der Waals surface area contributed by atoms with Crippen LogP contribution in [0.3, 0.4) is 0 Å². The van der Waals surface area contributed by atoms with E-state index in [9.17, 15) is 23.5 Å². The van der Waals surface area contributed by atoms with E-state index in [0.717, 1.165) is 18.4 Å². The molecule has 226 valence electrons. The van der Waals surface area contributed by atoms with Crippen molar-refractivity contribution in [1.82, 2.24) is 9.80 Å². The Balaban J connectivity index is 0.000000226. The van der Waals surface area contributed by atoms with Crippen LogP contribution in [0.2, 0.25) is 0 Å². The molecule has 2 fully saturated rings. The second-order valence-electron chi connectivity index (χ2n) is 10.0. The van der Waals surface area contributed by atoms with Crippen LogP contribution in [-0.2, 0) is 23.6 Å². The molecule has 0 aliphatic carbocycles. The van der Waals surface area contributed by atoms with E-state index in [1.54, 1.807) is 29.2 Å². The summed E-state index contributed by atoms with van der Waals surface area (Å²) in [6, 6.07) is 12.1. The van der Waals surface area contributed by atoms with E-state index < -0.39 is 6.10 Å². The number of morpholine rings is 2. The highest BCUT2D eigenvalue weighted by atomic mass is 31.0. The number of halogens is 2. The minimum atomic E-state index is -0.645. The topological polar surface area (TPSA) is 88.5 Å². The third-order valence-electron chi connectivity index (χ3n) is 7.11. The number of aliphatic hydroxyl groups excluding tert-OH is 1. The van der Waals surface area contributed by atoms with Crippen molar-refractivity contribution in [3.8, 4) is 0 Å². The fourth-order valence-corrected chi connectivity index (χ4v) is 4.96. The van der Waals surface area contributed by atoms with Gasteiger partial charge in [-0.3, -0.25) is 9.59 Å². The summed E-state index contributed by atoms with van der Waals surface area (Å²) in [5.74, 6) is -0.299. The number of ether oxygens (including phenoxy) is 2. The summed E-state index contributed by atoms with van der Waals surface area (Å²) in [4.78, 5) is 27.6. The molecule has 8 nitrogen and oxygen atoms in total. The van der Waals surface area contributed by atoms with Gasteiger partial charge in [-0.15, -0.1) is 0 Å². The molecule has 2 saturated heterocycles. The van der Waals surface area contributed by atoms with Crippen molar-refractivity contribution in [3.05, 3.63) is 71.3 Å². The van der Waals surface area contributed by atoms with Gasteiger partial charge in [0.05, 0.1) is 38.6 Å². The number of carbonyl (C=O) groups is 2. The molecule has 1 unspecified atom stereocenters. The molecule has 2 aromatic rings. The number of hydrogen-bond donors (Lipinski definition) is 1. The summed E-state index contributed by atoms with van der Waals surface area (Å²) in [6.45, 7) is 5.12. The Morgan fingerprint density at radius 2 is 1.17 bits per heavy atom. The Labute approximate surface area is 243 Å². The maximum absolute atomic E-state index is 12.9. The van der Waals surface area contributed by atoms with Gasteiger partial charge < -0.3 is 28.9 Å². The lowest BCUT2D eigenvalue weighted by Crippen LogP contribution is -2.40. The first kappa shape index (κ1) is 33.0. The fourth-order valence-electron chi connectivity index (χ4n) is 4.67. The molecule has 3 atom stereocenters. The monoisotopic (exact) mass is 594 g/mol. The summed E-state index contributed by atoms with van der Waals surface area (Å²) in [6.07, 6.45) is 2.75. The SMILES string of the molecule is O=C(CCC[C@H](O)c1ccc(F)cc1)N1CCOCC1.O=C(CCC[C@H](OP)c1ccc(F)cc1)N1CCOCC1. The van der Waals surface area contributed by atoms with Crippen LogP contribution in [-0.4, -0.2) is 79.3 Å². The van der Waals surface area contributed by atoms with Crippen molar-refractivity contribution < 1.29 is 37.5 Å². The van der Waals surface area contributed by atoms with Gasteiger partial charge in [0.1, 0.15) is 11.6 Å².